The van der Waals surface area contributed by atoms with E-state index >= 15 is 0 Å². The predicted molar refractivity (Wildman–Crippen MR) is 119 cm³/mol. The van der Waals surface area contributed by atoms with Crippen LogP contribution in [0.5, 0.6) is 17.2 Å². The molecule has 32 heavy (non-hydrogen) atoms. The zero-order chi connectivity index (χ0) is 23.7. The van der Waals surface area contributed by atoms with Crippen molar-refractivity contribution in [1.82, 2.24) is 5.43 Å². The molecule has 172 valence electrons. The number of ether oxygens (including phenoxy) is 3. The van der Waals surface area contributed by atoms with Crippen molar-refractivity contribution in [2.24, 2.45) is 10.8 Å². The summed E-state index contributed by atoms with van der Waals surface area (Å²) >= 11 is 0. The molecule has 12 heteroatoms. The lowest BCUT2D eigenvalue weighted by molar-refractivity contribution is -0.120. The number of nitrogens with one attached hydrogen (secondary N) is 1. The lowest BCUT2D eigenvalue weighted by Crippen LogP contribution is -2.39. The lowest BCUT2D eigenvalue weighted by Gasteiger charge is -2.23. The number of carbonyl (C=O) groups is 2. The number of hydrogen-bond donors (Lipinski definition) is 2. The van der Waals surface area contributed by atoms with Gasteiger partial charge >= 0.3 is 0 Å². The maximum Gasteiger partial charge on any atom is 0.260 e. The zero-order valence-electron chi connectivity index (χ0n) is 17.8. The second-order valence-corrected chi connectivity index (χ2v) is 8.33. The maximum absolute atomic E-state index is 12.3. The first-order valence-corrected chi connectivity index (χ1v) is 11.0. The van der Waals surface area contributed by atoms with Crippen molar-refractivity contribution in [3.05, 3.63) is 48.0 Å². The molecule has 0 fully saturated rings. The van der Waals surface area contributed by atoms with Gasteiger partial charge in [0.05, 0.1) is 32.4 Å². The molecule has 0 atom stereocenters. The van der Waals surface area contributed by atoms with Crippen LogP contribution in [0.4, 0.5) is 5.69 Å². The third-order valence-electron chi connectivity index (χ3n) is 4.01. The normalized spacial score (nSPS) is 11.1. The number of carbonyl (C=O) groups excluding carboxylic acids is 2. The number of hydrogen-bond acceptors (Lipinski definition) is 8. The number of hydrazone groups is 1. The highest BCUT2D eigenvalue weighted by Gasteiger charge is 2.24. The minimum absolute atomic E-state index is 0.182. The summed E-state index contributed by atoms with van der Waals surface area (Å²) in [5.41, 5.74) is 8.11. The summed E-state index contributed by atoms with van der Waals surface area (Å²) in [7, 11) is -0.955. The second kappa shape index (κ2) is 11.0. The first kappa shape index (κ1) is 24.5. The number of rotatable bonds is 11. The molecule has 0 bridgehead atoms. The van der Waals surface area contributed by atoms with Crippen molar-refractivity contribution in [1.29, 1.82) is 0 Å². The van der Waals surface area contributed by atoms with Crippen LogP contribution in [0.15, 0.2) is 47.6 Å². The number of sulfonamides is 1. The molecule has 0 aliphatic carbocycles. The Morgan fingerprint density at radius 3 is 2.31 bits per heavy atom. The molecule has 0 unspecified atom stereocenters. The summed E-state index contributed by atoms with van der Waals surface area (Å²) in [6.07, 6.45) is 2.35. The van der Waals surface area contributed by atoms with E-state index in [-0.39, 0.29) is 18.0 Å². The Morgan fingerprint density at radius 1 is 1.09 bits per heavy atom. The number of amides is 2. The summed E-state index contributed by atoms with van der Waals surface area (Å²) < 4.78 is 41.0. The van der Waals surface area contributed by atoms with Crippen LogP contribution >= 0.6 is 0 Å². The Kier molecular flexibility index (Phi) is 8.41. The molecule has 0 aliphatic heterocycles. The van der Waals surface area contributed by atoms with E-state index in [0.717, 1.165) is 10.6 Å². The van der Waals surface area contributed by atoms with Crippen molar-refractivity contribution in [3.8, 4) is 17.2 Å². The van der Waals surface area contributed by atoms with Crippen LogP contribution in [-0.2, 0) is 19.6 Å². The predicted octanol–water partition coefficient (Wildman–Crippen LogP) is 0.484. The second-order valence-electron chi connectivity index (χ2n) is 6.42. The number of anilines is 1. The molecule has 0 aromatic heterocycles. The number of nitrogens with two attached hydrogens (primary N) is 1. The number of methoxy groups -OCH3 is 2. The van der Waals surface area contributed by atoms with Crippen molar-refractivity contribution in [2.75, 3.05) is 37.9 Å². The van der Waals surface area contributed by atoms with Crippen LogP contribution < -0.4 is 29.7 Å². The molecule has 0 heterocycles. The van der Waals surface area contributed by atoms with E-state index in [4.69, 9.17) is 19.9 Å². The average molecular weight is 465 g/mol. The summed E-state index contributed by atoms with van der Waals surface area (Å²) in [5, 5.41) is 3.83. The van der Waals surface area contributed by atoms with Gasteiger partial charge in [0.1, 0.15) is 23.8 Å². The van der Waals surface area contributed by atoms with Gasteiger partial charge in [-0.2, -0.15) is 5.10 Å². The summed E-state index contributed by atoms with van der Waals surface area (Å²) in [6, 6.07) is 11.1. The number of primary amides is 1. The van der Waals surface area contributed by atoms with Crippen molar-refractivity contribution in [2.45, 2.75) is 0 Å². The topological polar surface area (TPSA) is 150 Å². The number of nitrogens with zero attached hydrogens (tertiary/aromatic N) is 2. The monoisotopic (exact) mass is 464 g/mol. The molecular weight excluding hydrogens is 440 g/mol. The summed E-state index contributed by atoms with van der Waals surface area (Å²) in [5.74, 6) is -0.106. The SMILES string of the molecule is COc1ccc(N(CC(=O)N/N=C\c2ccc(OCC(N)=O)cc2)S(C)(=O)=O)c(OC)c1. The fourth-order valence-corrected chi connectivity index (χ4v) is 3.38. The van der Waals surface area contributed by atoms with Gasteiger partial charge in [-0.1, -0.05) is 0 Å². The third kappa shape index (κ3) is 7.16. The standard InChI is InChI=1S/C20H24N4O7S/c1-29-16-8-9-17(18(10-16)30-2)24(32(3,27)28)12-20(26)23-22-11-14-4-6-15(7-5-14)31-13-19(21)25/h4-11H,12-13H2,1-3H3,(H2,21,25)(H,23,26)/b22-11-. The molecule has 0 saturated heterocycles. The molecule has 2 aromatic rings. The molecule has 11 nitrogen and oxygen atoms in total. The van der Waals surface area contributed by atoms with E-state index in [9.17, 15) is 18.0 Å². The molecule has 3 N–H and O–H groups in total. The van der Waals surface area contributed by atoms with E-state index in [1.807, 2.05) is 0 Å². The Morgan fingerprint density at radius 2 is 1.75 bits per heavy atom. The van der Waals surface area contributed by atoms with E-state index in [2.05, 4.69) is 10.5 Å². The van der Waals surface area contributed by atoms with Gasteiger partial charge in [-0.15, -0.1) is 0 Å². The van der Waals surface area contributed by atoms with Crippen LogP contribution in [0.3, 0.4) is 0 Å². The van der Waals surface area contributed by atoms with Gasteiger partial charge in [0.2, 0.25) is 10.0 Å². The van der Waals surface area contributed by atoms with Gasteiger partial charge in [-0.3, -0.25) is 13.9 Å². The Balaban J connectivity index is 2.06. The molecule has 0 saturated carbocycles. The zero-order valence-corrected chi connectivity index (χ0v) is 18.6. The maximum atomic E-state index is 12.3. The first-order valence-electron chi connectivity index (χ1n) is 9.17. The molecular formula is C20H24N4O7S. The quantitative estimate of drug-likeness (QED) is 0.363. The highest BCUT2D eigenvalue weighted by Crippen LogP contribution is 2.33. The highest BCUT2D eigenvalue weighted by atomic mass is 32.2. The van der Waals surface area contributed by atoms with Crippen LogP contribution in [-0.4, -0.2) is 60.1 Å². The van der Waals surface area contributed by atoms with E-state index in [1.54, 1.807) is 30.3 Å². The first-order chi connectivity index (χ1) is 15.1. The lowest BCUT2D eigenvalue weighted by atomic mass is 10.2. The van der Waals surface area contributed by atoms with Crippen molar-refractivity contribution >= 4 is 33.7 Å². The Bertz CT molecular complexity index is 1090. The minimum atomic E-state index is -3.81. The van der Waals surface area contributed by atoms with Gasteiger partial charge in [0.15, 0.2) is 6.61 Å². The smallest absolute Gasteiger partial charge is 0.260 e. The van der Waals surface area contributed by atoms with Crippen molar-refractivity contribution in [3.63, 3.8) is 0 Å². The molecule has 0 aliphatic rings. The van der Waals surface area contributed by atoms with Crippen LogP contribution in [0.1, 0.15) is 5.56 Å². The summed E-state index contributed by atoms with van der Waals surface area (Å²) in [4.78, 5) is 23.0. The van der Waals surface area contributed by atoms with E-state index < -0.39 is 28.4 Å². The Hall–Kier alpha value is -3.80. The largest absolute Gasteiger partial charge is 0.497 e. The number of benzene rings is 2. The Labute approximate surface area is 185 Å². The van der Waals surface area contributed by atoms with Gasteiger partial charge < -0.3 is 19.9 Å². The molecule has 0 spiro atoms. The van der Waals surface area contributed by atoms with Gasteiger partial charge in [-0.25, -0.2) is 13.8 Å². The van der Waals surface area contributed by atoms with Crippen molar-refractivity contribution < 1.29 is 32.2 Å². The van der Waals surface area contributed by atoms with E-state index in [0.29, 0.717) is 17.1 Å². The van der Waals surface area contributed by atoms with Gasteiger partial charge in [-0.05, 0) is 42.0 Å². The third-order valence-corrected chi connectivity index (χ3v) is 5.13. The van der Waals surface area contributed by atoms with E-state index in [1.165, 1.54) is 32.6 Å². The van der Waals surface area contributed by atoms with Crippen LogP contribution in [0, 0.1) is 0 Å². The fourth-order valence-electron chi connectivity index (χ4n) is 2.52. The molecule has 2 rings (SSSR count). The van der Waals surface area contributed by atoms with Crippen LogP contribution in [0.25, 0.3) is 0 Å². The molecule has 2 aromatic carbocycles. The van der Waals surface area contributed by atoms with Gasteiger partial charge in [0.25, 0.3) is 11.8 Å². The van der Waals surface area contributed by atoms with Crippen LogP contribution in [0.2, 0.25) is 0 Å². The van der Waals surface area contributed by atoms with Gasteiger partial charge in [0, 0.05) is 6.07 Å². The fraction of sp³-hybridized carbons (Fsp3) is 0.250. The molecule has 2 amide bonds. The average Bonchev–Trinajstić information content (AvgIpc) is 2.75. The summed E-state index contributed by atoms with van der Waals surface area (Å²) in [6.45, 7) is -0.752. The minimum Gasteiger partial charge on any atom is -0.497 e. The highest BCUT2D eigenvalue weighted by molar-refractivity contribution is 7.92. The molecule has 0 radical (unpaired) electrons.